The van der Waals surface area contributed by atoms with Crippen LogP contribution in [0.25, 0.3) is 22.8 Å². The number of nitrogens with zero attached hydrogens (tertiary/aromatic N) is 2. The van der Waals surface area contributed by atoms with E-state index in [-0.39, 0.29) is 5.75 Å². The Morgan fingerprint density at radius 1 is 1.10 bits per heavy atom. The molecule has 0 atom stereocenters. The normalized spacial score (nSPS) is 10.7. The molecule has 0 saturated heterocycles. The summed E-state index contributed by atoms with van der Waals surface area (Å²) < 4.78 is 5.29. The average molecular weight is 267 g/mol. The van der Waals surface area contributed by atoms with Crippen LogP contribution in [-0.2, 0) is 0 Å². The van der Waals surface area contributed by atoms with Crippen LogP contribution in [0.1, 0.15) is 5.56 Å². The minimum absolute atomic E-state index is 0.201. The van der Waals surface area contributed by atoms with Crippen LogP contribution >= 0.6 is 0 Å². The van der Waals surface area contributed by atoms with E-state index in [1.54, 1.807) is 30.3 Å². The molecule has 3 aromatic rings. The summed E-state index contributed by atoms with van der Waals surface area (Å²) in [6, 6.07) is 12.2. The molecule has 20 heavy (non-hydrogen) atoms. The monoisotopic (exact) mass is 267 g/mol. The van der Waals surface area contributed by atoms with Crippen molar-refractivity contribution in [3.8, 4) is 28.6 Å². The van der Waals surface area contributed by atoms with E-state index in [0.29, 0.717) is 17.4 Å². The molecule has 1 aromatic heterocycles. The zero-order chi connectivity index (χ0) is 14.1. The van der Waals surface area contributed by atoms with E-state index in [2.05, 4.69) is 10.1 Å². The van der Waals surface area contributed by atoms with E-state index >= 15 is 0 Å². The highest BCUT2D eigenvalue weighted by Gasteiger charge is 2.12. The lowest BCUT2D eigenvalue weighted by molar-refractivity contribution is 0.432. The van der Waals surface area contributed by atoms with Gasteiger partial charge in [-0.1, -0.05) is 5.16 Å². The molecule has 5 heteroatoms. The molecule has 0 fully saturated rings. The van der Waals surface area contributed by atoms with Crippen molar-refractivity contribution in [2.75, 3.05) is 5.73 Å². The van der Waals surface area contributed by atoms with Crippen LogP contribution in [0.5, 0.6) is 5.75 Å². The van der Waals surface area contributed by atoms with Gasteiger partial charge in [0.25, 0.3) is 5.89 Å². The van der Waals surface area contributed by atoms with E-state index < -0.39 is 0 Å². The number of phenolic OH excluding ortho intramolecular Hbond substituents is 1. The summed E-state index contributed by atoms with van der Waals surface area (Å²) in [6.07, 6.45) is 0. The maximum atomic E-state index is 9.27. The lowest BCUT2D eigenvalue weighted by Gasteiger charge is -2.01. The Hall–Kier alpha value is -2.82. The molecule has 0 radical (unpaired) electrons. The second-order valence-corrected chi connectivity index (χ2v) is 4.54. The fraction of sp³-hybridized carbons (Fsp3) is 0.0667. The van der Waals surface area contributed by atoms with E-state index in [1.807, 2.05) is 19.1 Å². The van der Waals surface area contributed by atoms with Crippen LogP contribution in [0.2, 0.25) is 0 Å². The van der Waals surface area contributed by atoms with Gasteiger partial charge in [-0.2, -0.15) is 4.98 Å². The zero-order valence-electron chi connectivity index (χ0n) is 10.9. The van der Waals surface area contributed by atoms with Gasteiger partial charge in [0.1, 0.15) is 5.75 Å². The van der Waals surface area contributed by atoms with Gasteiger partial charge in [-0.15, -0.1) is 0 Å². The Bertz CT molecular complexity index is 748. The predicted molar refractivity (Wildman–Crippen MR) is 76.0 cm³/mol. The number of benzene rings is 2. The highest BCUT2D eigenvalue weighted by Crippen LogP contribution is 2.26. The van der Waals surface area contributed by atoms with Crippen LogP contribution < -0.4 is 5.73 Å². The SMILES string of the molecule is Cc1cc(N)ccc1-c1nc(-c2ccc(O)cc2)no1. The number of aryl methyl sites for hydroxylation is 1. The number of phenols is 1. The maximum Gasteiger partial charge on any atom is 0.258 e. The summed E-state index contributed by atoms with van der Waals surface area (Å²) in [5, 5.41) is 13.2. The summed E-state index contributed by atoms with van der Waals surface area (Å²) >= 11 is 0. The van der Waals surface area contributed by atoms with Crippen LogP contribution in [0.4, 0.5) is 5.69 Å². The van der Waals surface area contributed by atoms with Gasteiger partial charge in [0.15, 0.2) is 0 Å². The van der Waals surface area contributed by atoms with Crippen molar-refractivity contribution >= 4 is 5.69 Å². The molecule has 0 saturated carbocycles. The van der Waals surface area contributed by atoms with Crippen LogP contribution in [0, 0.1) is 6.92 Å². The fourth-order valence-corrected chi connectivity index (χ4v) is 1.99. The van der Waals surface area contributed by atoms with Crippen molar-refractivity contribution in [3.63, 3.8) is 0 Å². The van der Waals surface area contributed by atoms with Crippen molar-refractivity contribution in [1.82, 2.24) is 10.1 Å². The quantitative estimate of drug-likeness (QED) is 0.697. The van der Waals surface area contributed by atoms with Gasteiger partial charge < -0.3 is 15.4 Å². The molecule has 2 aromatic carbocycles. The fourth-order valence-electron chi connectivity index (χ4n) is 1.99. The highest BCUT2D eigenvalue weighted by molar-refractivity contribution is 5.65. The molecule has 0 unspecified atom stereocenters. The number of hydrogen-bond donors (Lipinski definition) is 2. The number of rotatable bonds is 2. The van der Waals surface area contributed by atoms with Gasteiger partial charge in [0.05, 0.1) is 0 Å². The minimum Gasteiger partial charge on any atom is -0.508 e. The number of nitrogens with two attached hydrogens (primary N) is 1. The molecule has 0 aliphatic heterocycles. The van der Waals surface area contributed by atoms with Gasteiger partial charge in [-0.25, -0.2) is 0 Å². The molecule has 0 spiro atoms. The summed E-state index contributed by atoms with van der Waals surface area (Å²) in [6.45, 7) is 1.94. The Labute approximate surface area is 115 Å². The van der Waals surface area contributed by atoms with Crippen LogP contribution in [0.3, 0.4) is 0 Å². The van der Waals surface area contributed by atoms with E-state index in [0.717, 1.165) is 16.7 Å². The minimum atomic E-state index is 0.201. The topological polar surface area (TPSA) is 85.2 Å². The summed E-state index contributed by atoms with van der Waals surface area (Å²) in [4.78, 5) is 4.37. The van der Waals surface area contributed by atoms with Gasteiger partial charge in [0.2, 0.25) is 5.82 Å². The molecular weight excluding hydrogens is 254 g/mol. The second-order valence-electron chi connectivity index (χ2n) is 4.54. The number of aromatic nitrogens is 2. The van der Waals surface area contributed by atoms with E-state index in [4.69, 9.17) is 10.3 Å². The number of nitrogen functional groups attached to an aromatic ring is 1. The Balaban J connectivity index is 1.99. The highest BCUT2D eigenvalue weighted by atomic mass is 16.5. The molecular formula is C15H13N3O2. The predicted octanol–water partition coefficient (Wildman–Crippen LogP) is 3.00. The average Bonchev–Trinajstić information content (AvgIpc) is 2.89. The second kappa shape index (κ2) is 4.70. The maximum absolute atomic E-state index is 9.27. The van der Waals surface area contributed by atoms with Crippen LogP contribution in [-0.4, -0.2) is 15.2 Å². The molecule has 0 amide bonds. The number of hydrogen-bond acceptors (Lipinski definition) is 5. The van der Waals surface area contributed by atoms with Gasteiger partial charge in [-0.3, -0.25) is 0 Å². The standard InChI is InChI=1S/C15H13N3O2/c1-9-8-11(16)4-7-13(9)15-17-14(18-20-15)10-2-5-12(19)6-3-10/h2-8,19H,16H2,1H3. The molecule has 5 nitrogen and oxygen atoms in total. The largest absolute Gasteiger partial charge is 0.508 e. The van der Waals surface area contributed by atoms with Crippen molar-refractivity contribution in [2.45, 2.75) is 6.92 Å². The molecule has 0 aliphatic carbocycles. The van der Waals surface area contributed by atoms with Gasteiger partial charge in [0, 0.05) is 16.8 Å². The molecule has 3 N–H and O–H groups in total. The van der Waals surface area contributed by atoms with Crippen molar-refractivity contribution in [2.24, 2.45) is 0 Å². The zero-order valence-corrected chi connectivity index (χ0v) is 10.9. The Kier molecular flexibility index (Phi) is 2.87. The first-order valence-corrected chi connectivity index (χ1v) is 6.13. The Morgan fingerprint density at radius 3 is 2.55 bits per heavy atom. The first kappa shape index (κ1) is 12.2. The van der Waals surface area contributed by atoms with Gasteiger partial charge >= 0.3 is 0 Å². The molecule has 3 rings (SSSR count). The van der Waals surface area contributed by atoms with E-state index in [1.165, 1.54) is 0 Å². The number of aromatic hydroxyl groups is 1. The first-order valence-electron chi connectivity index (χ1n) is 6.13. The number of anilines is 1. The van der Waals surface area contributed by atoms with Crippen molar-refractivity contribution in [1.29, 1.82) is 0 Å². The molecule has 100 valence electrons. The molecule has 0 bridgehead atoms. The van der Waals surface area contributed by atoms with Crippen molar-refractivity contribution in [3.05, 3.63) is 48.0 Å². The third-order valence-corrected chi connectivity index (χ3v) is 3.03. The van der Waals surface area contributed by atoms with E-state index in [9.17, 15) is 5.11 Å². The van der Waals surface area contributed by atoms with Gasteiger partial charge in [-0.05, 0) is 55.0 Å². The summed E-state index contributed by atoms with van der Waals surface area (Å²) in [7, 11) is 0. The van der Waals surface area contributed by atoms with Crippen LogP contribution in [0.15, 0.2) is 47.0 Å². The first-order chi connectivity index (χ1) is 9.63. The lowest BCUT2D eigenvalue weighted by atomic mass is 10.1. The third-order valence-electron chi connectivity index (χ3n) is 3.03. The molecule has 1 heterocycles. The van der Waals surface area contributed by atoms with Crippen molar-refractivity contribution < 1.29 is 9.63 Å². The smallest absolute Gasteiger partial charge is 0.258 e. The Morgan fingerprint density at radius 2 is 1.85 bits per heavy atom. The summed E-state index contributed by atoms with van der Waals surface area (Å²) in [5.41, 5.74) is 9.04. The summed E-state index contributed by atoms with van der Waals surface area (Å²) in [5.74, 6) is 1.13. The third kappa shape index (κ3) is 2.21. The molecule has 0 aliphatic rings. The lowest BCUT2D eigenvalue weighted by Crippen LogP contribution is -1.88.